The van der Waals surface area contributed by atoms with Gasteiger partial charge in [-0.15, -0.1) is 0 Å². The van der Waals surface area contributed by atoms with E-state index in [0.29, 0.717) is 0 Å². The van der Waals surface area contributed by atoms with Crippen LogP contribution in [0.3, 0.4) is 0 Å². The number of carbonyl (C=O) groups excluding carboxylic acids is 2. The summed E-state index contributed by atoms with van der Waals surface area (Å²) in [5.41, 5.74) is -0.410. The Morgan fingerprint density at radius 3 is 2.45 bits per heavy atom. The van der Waals surface area contributed by atoms with Gasteiger partial charge in [0.1, 0.15) is 17.4 Å². The highest BCUT2D eigenvalue weighted by Gasteiger charge is 2.38. The van der Waals surface area contributed by atoms with Crippen molar-refractivity contribution in [2.75, 3.05) is 0 Å². The first-order valence-electron chi connectivity index (χ1n) is 5.93. The molecule has 1 atom stereocenters. The summed E-state index contributed by atoms with van der Waals surface area (Å²) in [7, 11) is 0. The van der Waals surface area contributed by atoms with Crippen LogP contribution in [-0.2, 0) is 14.4 Å². The molecule has 1 rings (SSSR count). The molecule has 0 unspecified atom stereocenters. The van der Waals surface area contributed by atoms with Crippen molar-refractivity contribution in [3.05, 3.63) is 47.8 Å². The number of allylic oxidation sites excluding steroid dienone is 6. The number of nitrogens with one attached hydrogen (secondary N) is 1. The van der Waals surface area contributed by atoms with Gasteiger partial charge in [0.05, 0.1) is 6.42 Å². The van der Waals surface area contributed by atoms with E-state index >= 15 is 0 Å². The number of ketones is 1. The normalized spacial score (nSPS) is 22.1. The standard InChI is InChI=1S/C14H15NO5/c1-2-3-4-5-6-7-10(16)12-13(19)9(8-11(17)18)15-14(12)20/h2-7,9,16H,8H2,1H3,(H,15,20)(H,17,18)/b3-2+,5-4+,7-6+,12-10?/t9-/m1/s1. The number of amides is 1. The first-order valence-corrected chi connectivity index (χ1v) is 5.93. The van der Waals surface area contributed by atoms with Gasteiger partial charge in [-0.25, -0.2) is 0 Å². The second-order valence-electron chi connectivity index (χ2n) is 4.02. The van der Waals surface area contributed by atoms with E-state index < -0.39 is 41.5 Å². The number of Topliss-reactive ketones (excluding diaryl/α,β-unsaturated/α-hetero) is 1. The third-order valence-corrected chi connectivity index (χ3v) is 2.51. The third-order valence-electron chi connectivity index (χ3n) is 2.51. The molecule has 6 heteroatoms. The number of hydrogen-bond acceptors (Lipinski definition) is 4. The molecular formula is C14H15NO5. The van der Waals surface area contributed by atoms with Gasteiger partial charge in [0.2, 0.25) is 0 Å². The number of carbonyl (C=O) groups is 3. The predicted molar refractivity (Wildman–Crippen MR) is 71.9 cm³/mol. The van der Waals surface area contributed by atoms with Crippen molar-refractivity contribution in [3.8, 4) is 0 Å². The summed E-state index contributed by atoms with van der Waals surface area (Å²) in [5, 5.41) is 20.6. The van der Waals surface area contributed by atoms with Gasteiger partial charge < -0.3 is 15.5 Å². The van der Waals surface area contributed by atoms with E-state index in [2.05, 4.69) is 5.32 Å². The number of aliphatic hydroxyl groups is 1. The lowest BCUT2D eigenvalue weighted by molar-refractivity contribution is -0.138. The highest BCUT2D eigenvalue weighted by atomic mass is 16.4. The molecule has 106 valence electrons. The van der Waals surface area contributed by atoms with Crippen LogP contribution >= 0.6 is 0 Å². The van der Waals surface area contributed by atoms with Crippen molar-refractivity contribution in [2.24, 2.45) is 0 Å². The summed E-state index contributed by atoms with van der Waals surface area (Å²) < 4.78 is 0. The van der Waals surface area contributed by atoms with Crippen molar-refractivity contribution in [3.63, 3.8) is 0 Å². The van der Waals surface area contributed by atoms with Crippen LogP contribution in [0.2, 0.25) is 0 Å². The Labute approximate surface area is 115 Å². The van der Waals surface area contributed by atoms with E-state index in [4.69, 9.17) is 5.11 Å². The van der Waals surface area contributed by atoms with Crippen LogP contribution in [0.15, 0.2) is 47.8 Å². The van der Waals surface area contributed by atoms with Gasteiger partial charge in [0, 0.05) is 0 Å². The zero-order valence-corrected chi connectivity index (χ0v) is 10.9. The second-order valence-corrected chi connectivity index (χ2v) is 4.02. The molecule has 6 nitrogen and oxygen atoms in total. The predicted octanol–water partition coefficient (Wildman–Crippen LogP) is 1.03. The van der Waals surface area contributed by atoms with Gasteiger partial charge in [-0.3, -0.25) is 14.4 Å². The average Bonchev–Trinajstić information content (AvgIpc) is 2.63. The van der Waals surface area contributed by atoms with Crippen LogP contribution in [0.25, 0.3) is 0 Å². The molecule has 3 N–H and O–H groups in total. The molecule has 0 radical (unpaired) electrons. The van der Waals surface area contributed by atoms with E-state index in [9.17, 15) is 19.5 Å². The average molecular weight is 277 g/mol. The van der Waals surface area contributed by atoms with Gasteiger partial charge in [-0.05, 0) is 13.0 Å². The van der Waals surface area contributed by atoms with Crippen molar-refractivity contribution in [1.29, 1.82) is 0 Å². The van der Waals surface area contributed by atoms with Crippen molar-refractivity contribution in [2.45, 2.75) is 19.4 Å². The maximum absolute atomic E-state index is 11.8. The topological polar surface area (TPSA) is 104 Å². The summed E-state index contributed by atoms with van der Waals surface area (Å²) in [6.07, 6.45) is 9.06. The molecule has 1 amide bonds. The zero-order valence-electron chi connectivity index (χ0n) is 10.9. The number of aliphatic carboxylic acids is 1. The Kier molecular flexibility index (Phi) is 5.46. The Morgan fingerprint density at radius 2 is 1.85 bits per heavy atom. The smallest absolute Gasteiger partial charge is 0.305 e. The minimum absolute atomic E-state index is 0.410. The molecule has 0 aliphatic carbocycles. The quantitative estimate of drug-likeness (QED) is 0.301. The van der Waals surface area contributed by atoms with Crippen LogP contribution in [0.4, 0.5) is 0 Å². The molecule has 1 heterocycles. The van der Waals surface area contributed by atoms with Gasteiger partial charge >= 0.3 is 5.97 Å². The first-order chi connectivity index (χ1) is 9.47. The lowest BCUT2D eigenvalue weighted by atomic mass is 10.1. The number of hydrogen-bond donors (Lipinski definition) is 3. The third kappa shape index (κ3) is 3.94. The van der Waals surface area contributed by atoms with E-state index in [1.807, 2.05) is 13.0 Å². The number of aliphatic hydroxyl groups excluding tert-OH is 1. The summed E-state index contributed by atoms with van der Waals surface area (Å²) >= 11 is 0. The minimum atomic E-state index is -1.20. The van der Waals surface area contributed by atoms with E-state index in [0.717, 1.165) is 0 Å². The van der Waals surface area contributed by atoms with Gasteiger partial charge in [0.25, 0.3) is 5.91 Å². The fourth-order valence-corrected chi connectivity index (χ4v) is 1.61. The van der Waals surface area contributed by atoms with Crippen molar-refractivity contribution in [1.82, 2.24) is 5.32 Å². The van der Waals surface area contributed by atoms with Crippen LogP contribution in [0.1, 0.15) is 13.3 Å². The Balaban J connectivity index is 2.87. The fourth-order valence-electron chi connectivity index (χ4n) is 1.61. The molecule has 1 aliphatic rings. The minimum Gasteiger partial charge on any atom is -0.507 e. The highest BCUT2D eigenvalue weighted by molar-refractivity contribution is 6.27. The largest absolute Gasteiger partial charge is 0.507 e. The van der Waals surface area contributed by atoms with E-state index in [-0.39, 0.29) is 0 Å². The molecule has 1 aliphatic heterocycles. The summed E-state index contributed by atoms with van der Waals surface area (Å²) in [5.74, 6) is -3.16. The van der Waals surface area contributed by atoms with Gasteiger partial charge in [0.15, 0.2) is 5.78 Å². The molecule has 1 fully saturated rings. The maximum Gasteiger partial charge on any atom is 0.305 e. The first kappa shape index (κ1) is 15.4. The van der Waals surface area contributed by atoms with Gasteiger partial charge in [-0.2, -0.15) is 0 Å². The molecule has 0 aromatic heterocycles. The lowest BCUT2D eigenvalue weighted by Crippen LogP contribution is -2.31. The Bertz CT molecular complexity index is 540. The molecule has 20 heavy (non-hydrogen) atoms. The maximum atomic E-state index is 11.8. The highest BCUT2D eigenvalue weighted by Crippen LogP contribution is 2.16. The molecule has 0 aromatic carbocycles. The molecular weight excluding hydrogens is 262 g/mol. The summed E-state index contributed by atoms with van der Waals surface area (Å²) in [4.78, 5) is 33.9. The van der Waals surface area contributed by atoms with Crippen LogP contribution in [-0.4, -0.2) is 33.9 Å². The number of carboxylic acids is 1. The van der Waals surface area contributed by atoms with Gasteiger partial charge in [-0.1, -0.05) is 30.4 Å². The Hall–Kier alpha value is -2.63. The molecule has 0 bridgehead atoms. The van der Waals surface area contributed by atoms with E-state index in [1.165, 1.54) is 12.2 Å². The SMILES string of the molecule is C/C=C/C=C/C=C/C(O)=C1C(=O)N[C@H](CC(=O)O)C1=O. The summed E-state index contributed by atoms with van der Waals surface area (Å²) in [6.45, 7) is 1.84. The van der Waals surface area contributed by atoms with E-state index in [1.54, 1.807) is 18.2 Å². The van der Waals surface area contributed by atoms with Crippen LogP contribution < -0.4 is 5.32 Å². The number of rotatable bonds is 5. The summed E-state index contributed by atoms with van der Waals surface area (Å²) in [6, 6.07) is -1.12. The molecule has 0 spiro atoms. The van der Waals surface area contributed by atoms with Crippen molar-refractivity contribution < 1.29 is 24.6 Å². The molecule has 0 saturated carbocycles. The van der Waals surface area contributed by atoms with Crippen molar-refractivity contribution >= 4 is 17.7 Å². The molecule has 0 aromatic rings. The second kappa shape index (κ2) is 7.08. The van der Waals surface area contributed by atoms with Crippen LogP contribution in [0.5, 0.6) is 0 Å². The monoisotopic (exact) mass is 277 g/mol. The fraction of sp³-hybridized carbons (Fsp3) is 0.214. The van der Waals surface area contributed by atoms with Crippen LogP contribution in [0, 0.1) is 0 Å². The zero-order chi connectivity index (χ0) is 15.1. The number of carboxylic acid groups (broad SMARTS) is 1. The molecule has 1 saturated heterocycles. The lowest BCUT2D eigenvalue weighted by Gasteiger charge is -2.02. The Morgan fingerprint density at radius 1 is 1.20 bits per heavy atom.